The lowest BCUT2D eigenvalue weighted by Gasteiger charge is -2.25. The van der Waals surface area contributed by atoms with Gasteiger partial charge in [0, 0.05) is 52.2 Å². The van der Waals surface area contributed by atoms with E-state index in [1.54, 1.807) is 18.6 Å². The zero-order chi connectivity index (χ0) is 22.0. The van der Waals surface area contributed by atoms with E-state index in [9.17, 15) is 8.60 Å². The molecule has 1 atom stereocenters. The van der Waals surface area contributed by atoms with E-state index in [-0.39, 0.29) is 11.9 Å². The summed E-state index contributed by atoms with van der Waals surface area (Å²) >= 11 is 0. The lowest BCUT2D eigenvalue weighted by Crippen LogP contribution is -2.37. The molecular formula is C23H27FN4O2S. The molecule has 0 saturated carbocycles. The summed E-state index contributed by atoms with van der Waals surface area (Å²) in [5, 5.41) is 4.25. The van der Waals surface area contributed by atoms with Gasteiger partial charge in [-0.3, -0.25) is 0 Å². The van der Waals surface area contributed by atoms with Gasteiger partial charge in [0.15, 0.2) is 0 Å². The smallest absolute Gasteiger partial charge is 0.126 e. The molecule has 1 N–H and O–H groups in total. The molecule has 8 heteroatoms. The highest BCUT2D eigenvalue weighted by atomic mass is 32.2. The van der Waals surface area contributed by atoms with Crippen LogP contribution in [0, 0.1) is 12.7 Å². The Morgan fingerprint density at radius 2 is 2.10 bits per heavy atom. The predicted molar refractivity (Wildman–Crippen MR) is 122 cm³/mol. The number of aromatic nitrogens is 2. The molecule has 1 aliphatic heterocycles. The average molecular weight is 443 g/mol. The fourth-order valence-electron chi connectivity index (χ4n) is 3.96. The molecule has 31 heavy (non-hydrogen) atoms. The van der Waals surface area contributed by atoms with Gasteiger partial charge in [-0.25, -0.2) is 18.6 Å². The monoisotopic (exact) mass is 442 g/mol. The summed E-state index contributed by atoms with van der Waals surface area (Å²) in [6.07, 6.45) is 7.24. The number of aryl methyl sites for hydroxylation is 1. The molecule has 1 aromatic heterocycles. The highest BCUT2D eigenvalue weighted by Gasteiger charge is 2.18. The van der Waals surface area contributed by atoms with Gasteiger partial charge in [0.1, 0.15) is 24.0 Å². The first-order chi connectivity index (χ1) is 14.8. The Labute approximate surface area is 182 Å². The second-order valence-corrected chi connectivity index (χ2v) is 10.8. The maximum atomic E-state index is 14.0. The normalized spacial score (nSPS) is 17.0. The first-order valence-corrected chi connectivity index (χ1v) is 12.7. The lowest BCUT2D eigenvalue weighted by atomic mass is 10.0. The summed E-state index contributed by atoms with van der Waals surface area (Å²) in [4.78, 5) is 8.92. The molecule has 0 bridgehead atoms. The van der Waals surface area contributed by atoms with E-state index in [1.807, 2.05) is 19.1 Å². The van der Waals surface area contributed by atoms with E-state index in [2.05, 4.69) is 19.6 Å². The van der Waals surface area contributed by atoms with Gasteiger partial charge in [-0.05, 0) is 50.1 Å². The Kier molecular flexibility index (Phi) is 6.20. The summed E-state index contributed by atoms with van der Waals surface area (Å²) in [7, 11) is -2.27. The third-order valence-electron chi connectivity index (χ3n) is 5.26. The Bertz CT molecular complexity index is 1220. The van der Waals surface area contributed by atoms with E-state index in [4.69, 9.17) is 4.74 Å². The van der Waals surface area contributed by atoms with Crippen molar-refractivity contribution < 1.29 is 13.3 Å². The van der Waals surface area contributed by atoms with Crippen LogP contribution >= 0.6 is 0 Å². The highest BCUT2D eigenvalue weighted by molar-refractivity contribution is 7.92. The molecule has 164 valence electrons. The van der Waals surface area contributed by atoms with Gasteiger partial charge in [0.05, 0.1) is 16.9 Å². The van der Waals surface area contributed by atoms with Crippen molar-refractivity contribution in [3.05, 3.63) is 59.3 Å². The van der Waals surface area contributed by atoms with Gasteiger partial charge in [-0.2, -0.15) is 4.36 Å². The van der Waals surface area contributed by atoms with Crippen LogP contribution < -0.4 is 10.1 Å². The fraction of sp³-hybridized carbons (Fsp3) is 0.391. The molecular weight excluding hydrogens is 415 g/mol. The lowest BCUT2D eigenvalue weighted by molar-refractivity contribution is 0.165. The van der Waals surface area contributed by atoms with E-state index in [0.29, 0.717) is 17.9 Å². The zero-order valence-corrected chi connectivity index (χ0v) is 18.8. The SMILES string of the molecule is Cc1cc(N=S(C)(C)=O)cc2ncnc(Cc3ccc(F)cc3O[C@@H]3CCCNC3)c12. The Morgan fingerprint density at radius 3 is 2.84 bits per heavy atom. The molecule has 0 amide bonds. The van der Waals surface area contributed by atoms with Gasteiger partial charge in [-0.1, -0.05) is 6.07 Å². The summed E-state index contributed by atoms with van der Waals surface area (Å²) in [5.74, 6) is 0.238. The molecule has 0 radical (unpaired) electrons. The van der Waals surface area contributed by atoms with E-state index in [1.165, 1.54) is 18.5 Å². The Hall–Kier alpha value is -2.58. The number of nitrogens with one attached hydrogen (secondary N) is 1. The van der Waals surface area contributed by atoms with Crippen LogP contribution in [0.2, 0.25) is 0 Å². The molecule has 6 nitrogen and oxygen atoms in total. The molecule has 0 spiro atoms. The largest absolute Gasteiger partial charge is 0.489 e. The van der Waals surface area contributed by atoms with E-state index >= 15 is 0 Å². The number of ether oxygens (including phenoxy) is 1. The van der Waals surface area contributed by atoms with Crippen LogP contribution in [0.25, 0.3) is 10.9 Å². The Morgan fingerprint density at radius 1 is 1.26 bits per heavy atom. The molecule has 4 rings (SSSR count). The minimum Gasteiger partial charge on any atom is -0.489 e. The minimum atomic E-state index is -2.27. The quantitative estimate of drug-likeness (QED) is 0.642. The Balaban J connectivity index is 1.71. The van der Waals surface area contributed by atoms with Crippen molar-refractivity contribution >= 4 is 26.3 Å². The standard InChI is InChI=1S/C23H27FN4O2S/c1-15-9-18(28-31(2,3)29)12-21-23(15)20(26-14-27-21)10-16-6-7-17(24)11-22(16)30-19-5-4-8-25-13-19/h6-7,9,11-12,14,19,25H,4-5,8,10,13H2,1-3H3/t19-/m1/s1. The first kappa shape index (κ1) is 21.6. The fourth-order valence-corrected chi connectivity index (χ4v) is 4.57. The predicted octanol–water partition coefficient (Wildman–Crippen LogP) is 4.16. The van der Waals surface area contributed by atoms with Crippen molar-refractivity contribution in [3.63, 3.8) is 0 Å². The van der Waals surface area contributed by atoms with Crippen LogP contribution in [-0.4, -0.2) is 45.9 Å². The molecule has 1 fully saturated rings. The maximum absolute atomic E-state index is 14.0. The van der Waals surface area contributed by atoms with E-state index in [0.717, 1.165) is 53.7 Å². The van der Waals surface area contributed by atoms with Crippen LogP contribution in [0.15, 0.2) is 41.0 Å². The summed E-state index contributed by atoms with van der Waals surface area (Å²) < 4.78 is 36.5. The molecule has 1 aliphatic rings. The second kappa shape index (κ2) is 8.88. The molecule has 0 unspecified atom stereocenters. The van der Waals surface area contributed by atoms with Gasteiger partial charge in [-0.15, -0.1) is 0 Å². The van der Waals surface area contributed by atoms with Crippen molar-refractivity contribution in [2.45, 2.75) is 32.3 Å². The topological polar surface area (TPSA) is 76.5 Å². The van der Waals surface area contributed by atoms with E-state index < -0.39 is 9.73 Å². The van der Waals surface area contributed by atoms with Gasteiger partial charge >= 0.3 is 0 Å². The van der Waals surface area contributed by atoms with Crippen LogP contribution in [-0.2, 0) is 16.1 Å². The third-order valence-corrected chi connectivity index (χ3v) is 5.91. The number of hydrogen-bond acceptors (Lipinski definition) is 6. The number of benzene rings is 2. The molecule has 2 heterocycles. The van der Waals surface area contributed by atoms with Gasteiger partial charge in [0.2, 0.25) is 0 Å². The third kappa shape index (κ3) is 5.37. The van der Waals surface area contributed by atoms with Crippen molar-refractivity contribution in [1.29, 1.82) is 0 Å². The van der Waals surface area contributed by atoms with Gasteiger partial charge < -0.3 is 10.1 Å². The zero-order valence-electron chi connectivity index (χ0n) is 18.0. The van der Waals surface area contributed by atoms with Crippen molar-refractivity contribution in [3.8, 4) is 5.75 Å². The number of piperidine rings is 1. The highest BCUT2D eigenvalue weighted by Crippen LogP contribution is 2.30. The van der Waals surface area contributed by atoms with Crippen LogP contribution in [0.3, 0.4) is 0 Å². The van der Waals surface area contributed by atoms with Crippen molar-refractivity contribution in [2.24, 2.45) is 4.36 Å². The number of halogens is 1. The van der Waals surface area contributed by atoms with Crippen LogP contribution in [0.5, 0.6) is 5.75 Å². The minimum absolute atomic E-state index is 0.0281. The summed E-state index contributed by atoms with van der Waals surface area (Å²) in [5.41, 5.74) is 4.05. The number of nitrogens with zero attached hydrogens (tertiary/aromatic N) is 3. The van der Waals surface area contributed by atoms with Crippen LogP contribution in [0.1, 0.15) is 29.7 Å². The summed E-state index contributed by atoms with van der Waals surface area (Å²) in [6.45, 7) is 3.72. The number of rotatable bonds is 5. The molecule has 2 aromatic carbocycles. The average Bonchev–Trinajstić information content (AvgIpc) is 2.69. The first-order valence-electron chi connectivity index (χ1n) is 10.4. The van der Waals surface area contributed by atoms with Crippen molar-refractivity contribution in [1.82, 2.24) is 15.3 Å². The second-order valence-electron chi connectivity index (χ2n) is 8.26. The molecule has 3 aromatic rings. The van der Waals surface area contributed by atoms with Crippen molar-refractivity contribution in [2.75, 3.05) is 25.6 Å². The maximum Gasteiger partial charge on any atom is 0.126 e. The van der Waals surface area contributed by atoms with Gasteiger partial charge in [0.25, 0.3) is 0 Å². The number of fused-ring (bicyclic) bond motifs is 1. The summed E-state index contributed by atoms with van der Waals surface area (Å²) in [6, 6.07) is 8.40. The molecule has 0 aliphatic carbocycles. The molecule has 1 saturated heterocycles. The number of hydrogen-bond donors (Lipinski definition) is 1. The van der Waals surface area contributed by atoms with Crippen LogP contribution in [0.4, 0.5) is 10.1 Å².